The molecule has 1 saturated heterocycles. The van der Waals surface area contributed by atoms with Crippen LogP contribution in [0.25, 0.3) is 17.2 Å². The molecule has 0 unspecified atom stereocenters. The molecule has 2 aliphatic rings. The van der Waals surface area contributed by atoms with Gasteiger partial charge < -0.3 is 13.9 Å². The van der Waals surface area contributed by atoms with Gasteiger partial charge in [0.05, 0.1) is 24.7 Å². The number of rotatable bonds is 7. The molecule has 188 valence electrons. The lowest BCUT2D eigenvalue weighted by Crippen LogP contribution is -2.21. The van der Waals surface area contributed by atoms with Crippen molar-refractivity contribution in [2.45, 2.75) is 19.4 Å². The Morgan fingerprint density at radius 3 is 2.67 bits per heavy atom. The second-order valence-corrected chi connectivity index (χ2v) is 9.41. The van der Waals surface area contributed by atoms with Gasteiger partial charge in [-0.1, -0.05) is 12.2 Å². The normalized spacial score (nSPS) is 15.1. The third-order valence-electron chi connectivity index (χ3n) is 6.38. The third kappa shape index (κ3) is 4.49. The monoisotopic (exact) mass is 512 g/mol. The maximum Gasteiger partial charge on any atom is 0.343 e. The Labute approximate surface area is 209 Å². The fourth-order valence-corrected chi connectivity index (χ4v) is 5.39. The van der Waals surface area contributed by atoms with Gasteiger partial charge in [0.25, 0.3) is 0 Å². The Bertz CT molecular complexity index is 1400. The molecule has 3 aromatic rings. The van der Waals surface area contributed by atoms with Crippen molar-refractivity contribution in [1.82, 2.24) is 4.90 Å². The number of carbonyl (C=O) groups excluding carboxylic acids is 1. The Hall–Kier alpha value is -3.63. The quantitative estimate of drug-likeness (QED) is 0.367. The number of halogens is 1. The second kappa shape index (κ2) is 10.2. The van der Waals surface area contributed by atoms with Gasteiger partial charge in [-0.2, -0.15) is 0 Å². The largest absolute Gasteiger partial charge is 0.484 e. The van der Waals surface area contributed by atoms with Crippen LogP contribution in [0.15, 0.2) is 53.2 Å². The second-order valence-electron chi connectivity index (χ2n) is 8.54. The SMILES string of the molecule is COC(=O)c1c(N(c2ccc(F)cc2C=CCN2CCCC2)[SH](=O)=O)ccc2c1OCc1occc1-2. The summed E-state index contributed by atoms with van der Waals surface area (Å²) in [6.07, 6.45) is 7.39. The van der Waals surface area contributed by atoms with E-state index in [1.54, 1.807) is 18.2 Å². The molecule has 3 heterocycles. The number of thiol groups is 1. The number of esters is 1. The molecule has 1 fully saturated rings. The number of anilines is 2. The summed E-state index contributed by atoms with van der Waals surface area (Å²) < 4.78 is 56.8. The highest BCUT2D eigenvalue weighted by molar-refractivity contribution is 7.74. The lowest BCUT2D eigenvalue weighted by atomic mass is 9.98. The van der Waals surface area contributed by atoms with Crippen LogP contribution in [0.5, 0.6) is 5.75 Å². The number of methoxy groups -OCH3 is 1. The van der Waals surface area contributed by atoms with Gasteiger partial charge in [0.15, 0.2) is 0 Å². The molecule has 0 radical (unpaired) electrons. The minimum Gasteiger partial charge on any atom is -0.484 e. The van der Waals surface area contributed by atoms with Gasteiger partial charge in [0.1, 0.15) is 29.5 Å². The summed E-state index contributed by atoms with van der Waals surface area (Å²) in [7, 11) is -2.07. The maximum atomic E-state index is 14.2. The molecule has 0 bridgehead atoms. The molecule has 1 aromatic heterocycles. The number of carbonyl (C=O) groups is 1. The van der Waals surface area contributed by atoms with E-state index >= 15 is 0 Å². The standard InChI is InChI=1S/C26H25FN2O6S/c1-33-26(30)24-22(9-7-20-19-10-14-34-23(19)16-35-25(20)24)29(36(31)32)21-8-6-18(27)15-17(21)5-4-13-28-11-2-3-12-28/h4-10,14-15,36H,2-3,11-13,16H2,1H3. The van der Waals surface area contributed by atoms with E-state index in [0.29, 0.717) is 23.4 Å². The molecule has 10 heteroatoms. The van der Waals surface area contributed by atoms with E-state index in [-0.39, 0.29) is 29.3 Å². The average Bonchev–Trinajstić information content (AvgIpc) is 3.56. The van der Waals surface area contributed by atoms with Crippen LogP contribution in [0.3, 0.4) is 0 Å². The molecule has 8 nitrogen and oxygen atoms in total. The predicted molar refractivity (Wildman–Crippen MR) is 133 cm³/mol. The van der Waals surface area contributed by atoms with Gasteiger partial charge in [0, 0.05) is 23.2 Å². The zero-order chi connectivity index (χ0) is 25.2. The summed E-state index contributed by atoms with van der Waals surface area (Å²) in [4.78, 5) is 15.2. The Morgan fingerprint density at radius 2 is 1.92 bits per heavy atom. The van der Waals surface area contributed by atoms with Crippen LogP contribution in [0.1, 0.15) is 34.5 Å². The molecule has 36 heavy (non-hydrogen) atoms. The Morgan fingerprint density at radius 1 is 1.14 bits per heavy atom. The molecule has 0 aliphatic carbocycles. The molecule has 0 atom stereocenters. The number of hydrogen-bond donors (Lipinski definition) is 1. The van der Waals surface area contributed by atoms with Crippen LogP contribution in [-0.4, -0.2) is 46.0 Å². The van der Waals surface area contributed by atoms with Crippen molar-refractivity contribution >= 4 is 34.3 Å². The van der Waals surface area contributed by atoms with Gasteiger partial charge >= 0.3 is 5.97 Å². The summed E-state index contributed by atoms with van der Waals surface area (Å²) in [6.45, 7) is 2.74. The summed E-state index contributed by atoms with van der Waals surface area (Å²) >= 11 is 0. The van der Waals surface area contributed by atoms with Crippen LogP contribution in [0.2, 0.25) is 0 Å². The van der Waals surface area contributed by atoms with E-state index in [1.165, 1.54) is 37.6 Å². The van der Waals surface area contributed by atoms with E-state index in [2.05, 4.69) is 4.90 Å². The number of benzene rings is 2. The summed E-state index contributed by atoms with van der Waals surface area (Å²) in [5.74, 6) is -0.468. The van der Waals surface area contributed by atoms with E-state index < -0.39 is 22.7 Å². The third-order valence-corrected chi connectivity index (χ3v) is 7.13. The van der Waals surface area contributed by atoms with Crippen LogP contribution >= 0.6 is 0 Å². The molecule has 0 spiro atoms. The highest BCUT2D eigenvalue weighted by Crippen LogP contribution is 2.46. The molecular formula is C26H25FN2O6S. The number of hydrogen-bond acceptors (Lipinski definition) is 7. The van der Waals surface area contributed by atoms with Crippen molar-refractivity contribution in [3.8, 4) is 16.9 Å². The van der Waals surface area contributed by atoms with E-state index in [9.17, 15) is 17.6 Å². The fourth-order valence-electron chi connectivity index (χ4n) is 4.69. The average molecular weight is 513 g/mol. The van der Waals surface area contributed by atoms with Crippen LogP contribution in [-0.2, 0) is 22.2 Å². The summed E-state index contributed by atoms with van der Waals surface area (Å²) in [5.41, 5.74) is 1.90. The number of fused-ring (bicyclic) bond motifs is 3. The van der Waals surface area contributed by atoms with Crippen LogP contribution in [0, 0.1) is 5.82 Å². The first-order chi connectivity index (χ1) is 17.5. The van der Waals surface area contributed by atoms with Crippen molar-refractivity contribution in [3.63, 3.8) is 0 Å². The number of nitrogens with zero attached hydrogens (tertiary/aromatic N) is 2. The first-order valence-corrected chi connectivity index (χ1v) is 12.7. The molecule has 2 aliphatic heterocycles. The summed E-state index contributed by atoms with van der Waals surface area (Å²) in [5, 5.41) is 0. The smallest absolute Gasteiger partial charge is 0.343 e. The zero-order valence-corrected chi connectivity index (χ0v) is 20.5. The van der Waals surface area contributed by atoms with E-state index in [1.807, 2.05) is 6.08 Å². The maximum absolute atomic E-state index is 14.2. The Kier molecular flexibility index (Phi) is 6.80. The first kappa shape index (κ1) is 24.1. The molecule has 5 rings (SSSR count). The van der Waals surface area contributed by atoms with Gasteiger partial charge in [-0.3, -0.25) is 4.90 Å². The molecule has 0 N–H and O–H groups in total. The van der Waals surface area contributed by atoms with Gasteiger partial charge in [-0.05, 0) is 62.3 Å². The van der Waals surface area contributed by atoms with Crippen molar-refractivity contribution in [1.29, 1.82) is 0 Å². The first-order valence-electron chi connectivity index (χ1n) is 11.6. The van der Waals surface area contributed by atoms with Crippen molar-refractivity contribution in [2.75, 3.05) is 31.0 Å². The summed E-state index contributed by atoms with van der Waals surface area (Å²) in [6, 6.07) is 8.78. The Balaban J connectivity index is 1.63. The number of ether oxygens (including phenoxy) is 2. The minimum atomic E-state index is -3.28. The van der Waals surface area contributed by atoms with Crippen molar-refractivity contribution < 1.29 is 31.5 Å². The van der Waals surface area contributed by atoms with Crippen molar-refractivity contribution in [3.05, 3.63) is 71.4 Å². The molecule has 0 amide bonds. The molecular weight excluding hydrogens is 487 g/mol. The topological polar surface area (TPSA) is 89.3 Å². The number of likely N-dealkylation sites (tertiary alicyclic amines) is 1. The zero-order valence-electron chi connectivity index (χ0n) is 19.6. The van der Waals surface area contributed by atoms with Crippen LogP contribution in [0.4, 0.5) is 15.8 Å². The van der Waals surface area contributed by atoms with Crippen LogP contribution < -0.4 is 9.04 Å². The van der Waals surface area contributed by atoms with Gasteiger partial charge in [0.2, 0.25) is 10.9 Å². The van der Waals surface area contributed by atoms with E-state index in [0.717, 1.165) is 35.8 Å². The van der Waals surface area contributed by atoms with Gasteiger partial charge in [-0.15, -0.1) is 0 Å². The lowest BCUT2D eigenvalue weighted by Gasteiger charge is -2.26. The lowest BCUT2D eigenvalue weighted by molar-refractivity contribution is 0.0596. The molecule has 2 aromatic carbocycles. The highest BCUT2D eigenvalue weighted by Gasteiger charge is 2.31. The fraction of sp³-hybridized carbons (Fsp3) is 0.269. The number of furan rings is 1. The minimum absolute atomic E-state index is 0.0441. The van der Waals surface area contributed by atoms with Gasteiger partial charge in [-0.25, -0.2) is 21.9 Å². The highest BCUT2D eigenvalue weighted by atomic mass is 32.2. The van der Waals surface area contributed by atoms with Crippen molar-refractivity contribution in [2.24, 2.45) is 0 Å². The molecule has 0 saturated carbocycles. The van der Waals surface area contributed by atoms with E-state index in [4.69, 9.17) is 13.9 Å². The predicted octanol–water partition coefficient (Wildman–Crippen LogP) is 4.54.